The molecule has 0 aliphatic heterocycles. The Morgan fingerprint density at radius 2 is 1.95 bits per heavy atom. The van der Waals surface area contributed by atoms with Gasteiger partial charge in [0.05, 0.1) is 0 Å². The van der Waals surface area contributed by atoms with Crippen molar-refractivity contribution in [2.45, 2.75) is 38.6 Å². The van der Waals surface area contributed by atoms with Gasteiger partial charge in [0.1, 0.15) is 0 Å². The highest BCUT2D eigenvalue weighted by atomic mass is 79.9. The highest BCUT2D eigenvalue weighted by molar-refractivity contribution is 9.10. The van der Waals surface area contributed by atoms with Crippen molar-refractivity contribution in [2.75, 3.05) is 0 Å². The maximum atomic E-state index is 5.79. The van der Waals surface area contributed by atoms with Crippen molar-refractivity contribution in [3.63, 3.8) is 0 Å². The largest absolute Gasteiger partial charge is 0.271 e. The molecule has 21 heavy (non-hydrogen) atoms. The molecule has 0 radical (unpaired) electrons. The molecule has 0 heterocycles. The van der Waals surface area contributed by atoms with E-state index >= 15 is 0 Å². The minimum atomic E-state index is 0.149. The molecule has 0 saturated carbocycles. The summed E-state index contributed by atoms with van der Waals surface area (Å²) in [6, 6.07) is 13.5. The molecule has 3 rings (SSSR count). The summed E-state index contributed by atoms with van der Waals surface area (Å²) in [5, 5.41) is 0. The van der Waals surface area contributed by atoms with Crippen LogP contribution in [0.2, 0.25) is 0 Å². The lowest BCUT2D eigenvalue weighted by Crippen LogP contribution is -2.29. The highest BCUT2D eigenvalue weighted by Gasteiger charge is 2.15. The van der Waals surface area contributed by atoms with Gasteiger partial charge in [-0.1, -0.05) is 46.3 Å². The van der Waals surface area contributed by atoms with Gasteiger partial charge in [-0.15, -0.1) is 0 Å². The van der Waals surface area contributed by atoms with E-state index in [0.717, 1.165) is 10.9 Å². The predicted molar refractivity (Wildman–Crippen MR) is 91.1 cm³/mol. The van der Waals surface area contributed by atoms with Gasteiger partial charge in [0.2, 0.25) is 0 Å². The minimum absolute atomic E-state index is 0.149. The molecule has 0 spiro atoms. The first kappa shape index (κ1) is 14.8. The van der Waals surface area contributed by atoms with Gasteiger partial charge < -0.3 is 0 Å². The fourth-order valence-corrected chi connectivity index (χ4v) is 3.39. The zero-order valence-corrected chi connectivity index (χ0v) is 13.9. The zero-order valence-electron chi connectivity index (χ0n) is 12.3. The van der Waals surface area contributed by atoms with E-state index in [4.69, 9.17) is 5.84 Å². The lowest BCUT2D eigenvalue weighted by molar-refractivity contribution is 0.551. The molecular weight excluding hydrogens is 324 g/mol. The molecule has 0 saturated heterocycles. The van der Waals surface area contributed by atoms with E-state index in [2.05, 4.69) is 64.7 Å². The van der Waals surface area contributed by atoms with Crippen LogP contribution in [0, 0.1) is 6.92 Å². The van der Waals surface area contributed by atoms with Crippen LogP contribution < -0.4 is 11.3 Å². The lowest BCUT2D eigenvalue weighted by Gasteiger charge is -2.18. The van der Waals surface area contributed by atoms with Crippen molar-refractivity contribution in [1.82, 2.24) is 5.43 Å². The molecule has 0 bridgehead atoms. The summed E-state index contributed by atoms with van der Waals surface area (Å²) in [4.78, 5) is 0. The second-order valence-corrected chi connectivity index (χ2v) is 6.74. The number of halogens is 1. The predicted octanol–water partition coefficient (Wildman–Crippen LogP) is 3.99. The van der Waals surface area contributed by atoms with Crippen molar-refractivity contribution in [3.05, 3.63) is 68.7 Å². The number of benzene rings is 2. The maximum absolute atomic E-state index is 5.79. The topological polar surface area (TPSA) is 38.0 Å². The normalized spacial score (nSPS) is 15.0. The van der Waals surface area contributed by atoms with Crippen LogP contribution in [0.25, 0.3) is 0 Å². The van der Waals surface area contributed by atoms with E-state index in [9.17, 15) is 0 Å². The molecule has 1 atom stereocenters. The Labute approximate surface area is 134 Å². The van der Waals surface area contributed by atoms with E-state index < -0.39 is 0 Å². The smallest absolute Gasteiger partial charge is 0.0500 e. The van der Waals surface area contributed by atoms with Crippen LogP contribution >= 0.6 is 15.9 Å². The van der Waals surface area contributed by atoms with Crippen LogP contribution in [0.4, 0.5) is 0 Å². The average Bonchev–Trinajstić information content (AvgIpc) is 2.95. The summed E-state index contributed by atoms with van der Waals surface area (Å²) in [6.45, 7) is 2.11. The standard InChI is InChI=1S/C18H21BrN2/c1-12-9-16(7-8-17(12)19)18(21-20)11-13-5-6-14-3-2-4-15(14)10-13/h5-10,18,21H,2-4,11,20H2,1H3. The van der Waals surface area contributed by atoms with E-state index in [1.165, 1.54) is 47.1 Å². The third-order valence-electron chi connectivity index (χ3n) is 4.39. The van der Waals surface area contributed by atoms with Gasteiger partial charge in [0, 0.05) is 10.5 Å². The second kappa shape index (κ2) is 6.30. The number of nitrogens with one attached hydrogen (secondary N) is 1. The first-order chi connectivity index (χ1) is 10.2. The summed E-state index contributed by atoms with van der Waals surface area (Å²) in [6.07, 6.45) is 4.68. The van der Waals surface area contributed by atoms with Crippen LogP contribution in [0.15, 0.2) is 40.9 Å². The van der Waals surface area contributed by atoms with Crippen molar-refractivity contribution in [1.29, 1.82) is 0 Å². The Hall–Kier alpha value is -1.16. The Morgan fingerprint density at radius 3 is 2.71 bits per heavy atom. The van der Waals surface area contributed by atoms with E-state index in [1.54, 1.807) is 0 Å². The SMILES string of the molecule is Cc1cc(C(Cc2ccc3c(c2)CCC3)NN)ccc1Br. The van der Waals surface area contributed by atoms with Gasteiger partial charge in [0.15, 0.2) is 0 Å². The molecule has 0 amide bonds. The lowest BCUT2D eigenvalue weighted by atomic mass is 9.96. The number of aryl methyl sites for hydroxylation is 3. The number of hydrogen-bond donors (Lipinski definition) is 2. The van der Waals surface area contributed by atoms with Gasteiger partial charge in [-0.05, 0) is 66.5 Å². The Bertz CT molecular complexity index is 652. The molecule has 2 aromatic carbocycles. The van der Waals surface area contributed by atoms with Crippen LogP contribution in [0.3, 0.4) is 0 Å². The zero-order chi connectivity index (χ0) is 14.8. The molecule has 1 aliphatic rings. The maximum Gasteiger partial charge on any atom is 0.0500 e. The summed E-state index contributed by atoms with van der Waals surface area (Å²) in [7, 11) is 0. The first-order valence-electron chi connectivity index (χ1n) is 7.50. The fraction of sp³-hybridized carbons (Fsp3) is 0.333. The van der Waals surface area contributed by atoms with Gasteiger partial charge in [-0.2, -0.15) is 0 Å². The second-order valence-electron chi connectivity index (χ2n) is 5.89. The average molecular weight is 345 g/mol. The molecule has 2 nitrogen and oxygen atoms in total. The number of rotatable bonds is 4. The van der Waals surface area contributed by atoms with Gasteiger partial charge in [-0.3, -0.25) is 11.3 Å². The van der Waals surface area contributed by atoms with Crippen LogP contribution in [-0.2, 0) is 19.3 Å². The third kappa shape index (κ3) is 3.20. The van der Waals surface area contributed by atoms with Crippen LogP contribution in [0.5, 0.6) is 0 Å². The van der Waals surface area contributed by atoms with Crippen molar-refractivity contribution in [2.24, 2.45) is 5.84 Å². The summed E-state index contributed by atoms with van der Waals surface area (Å²) in [5.41, 5.74) is 9.85. The molecule has 1 unspecified atom stereocenters. The first-order valence-corrected chi connectivity index (χ1v) is 8.29. The monoisotopic (exact) mass is 344 g/mol. The van der Waals surface area contributed by atoms with Gasteiger partial charge >= 0.3 is 0 Å². The van der Waals surface area contributed by atoms with Gasteiger partial charge in [0.25, 0.3) is 0 Å². The van der Waals surface area contributed by atoms with E-state index in [0.29, 0.717) is 0 Å². The van der Waals surface area contributed by atoms with E-state index in [1.807, 2.05) is 0 Å². The summed E-state index contributed by atoms with van der Waals surface area (Å²) >= 11 is 3.55. The summed E-state index contributed by atoms with van der Waals surface area (Å²) < 4.78 is 1.14. The number of hydrazine groups is 1. The molecular formula is C18H21BrN2. The molecule has 110 valence electrons. The Kier molecular flexibility index (Phi) is 4.43. The molecule has 1 aliphatic carbocycles. The fourth-order valence-electron chi connectivity index (χ4n) is 3.15. The third-order valence-corrected chi connectivity index (χ3v) is 5.28. The van der Waals surface area contributed by atoms with E-state index in [-0.39, 0.29) is 6.04 Å². The van der Waals surface area contributed by atoms with Crippen LogP contribution in [0.1, 0.15) is 40.3 Å². The van der Waals surface area contributed by atoms with Gasteiger partial charge in [-0.25, -0.2) is 0 Å². The van der Waals surface area contributed by atoms with Crippen molar-refractivity contribution >= 4 is 15.9 Å². The molecule has 3 heteroatoms. The number of fused-ring (bicyclic) bond motifs is 1. The molecule has 0 aromatic heterocycles. The van der Waals surface area contributed by atoms with Crippen LogP contribution in [-0.4, -0.2) is 0 Å². The van der Waals surface area contributed by atoms with Crippen molar-refractivity contribution in [3.8, 4) is 0 Å². The summed E-state index contributed by atoms with van der Waals surface area (Å²) in [5.74, 6) is 5.79. The Morgan fingerprint density at radius 1 is 1.14 bits per heavy atom. The molecule has 3 N–H and O–H groups in total. The minimum Gasteiger partial charge on any atom is -0.271 e. The quantitative estimate of drug-likeness (QED) is 0.649. The molecule has 2 aromatic rings. The number of nitrogens with two attached hydrogens (primary N) is 1. The highest BCUT2D eigenvalue weighted by Crippen LogP contribution is 2.27. The Balaban J connectivity index is 1.82. The van der Waals surface area contributed by atoms with Crippen molar-refractivity contribution < 1.29 is 0 Å². The number of hydrogen-bond acceptors (Lipinski definition) is 2. The molecule has 0 fully saturated rings.